The molecule has 0 spiro atoms. The Morgan fingerprint density at radius 3 is 2.52 bits per heavy atom. The first-order valence-electron chi connectivity index (χ1n) is 7.12. The Kier molecular flexibility index (Phi) is 4.59. The predicted octanol–water partition coefficient (Wildman–Crippen LogP) is 3.35. The highest BCUT2D eigenvalue weighted by atomic mass is 16.7. The van der Waals surface area contributed by atoms with Crippen LogP contribution in [-0.4, -0.2) is 13.9 Å². The van der Waals surface area contributed by atoms with Gasteiger partial charge in [0.05, 0.1) is 0 Å². The highest BCUT2D eigenvalue weighted by Crippen LogP contribution is 2.32. The van der Waals surface area contributed by atoms with E-state index in [9.17, 15) is 4.79 Å². The summed E-state index contributed by atoms with van der Waals surface area (Å²) in [6, 6.07) is 16.3. The first kappa shape index (κ1) is 15.1. The van der Waals surface area contributed by atoms with E-state index >= 15 is 0 Å². The zero-order chi connectivity index (χ0) is 16.1. The lowest BCUT2D eigenvalue weighted by Gasteiger charge is -2.13. The van der Waals surface area contributed by atoms with E-state index in [1.807, 2.05) is 30.3 Å². The average Bonchev–Trinajstić information content (AvgIpc) is 2.58. The lowest BCUT2D eigenvalue weighted by molar-refractivity contribution is 0.0484. The molecule has 0 atom stereocenters. The summed E-state index contributed by atoms with van der Waals surface area (Å²) in [7, 11) is 1.53. The van der Waals surface area contributed by atoms with Crippen LogP contribution in [0.5, 0.6) is 11.5 Å². The second-order valence-corrected chi connectivity index (χ2v) is 4.92. The highest BCUT2D eigenvalue weighted by Gasteiger charge is 2.10. The van der Waals surface area contributed by atoms with Gasteiger partial charge in [0.25, 0.3) is 0 Å². The van der Waals surface area contributed by atoms with Crippen LogP contribution < -0.4 is 15.1 Å². The minimum atomic E-state index is -0.409. The predicted molar refractivity (Wildman–Crippen MR) is 85.8 cm³/mol. The van der Waals surface area contributed by atoms with E-state index in [1.54, 1.807) is 18.2 Å². The molecule has 23 heavy (non-hydrogen) atoms. The van der Waals surface area contributed by atoms with Gasteiger partial charge in [0.1, 0.15) is 12.2 Å². The molecule has 3 rings (SSSR count). The van der Waals surface area contributed by atoms with Gasteiger partial charge in [0.15, 0.2) is 18.3 Å². The molecule has 3 aromatic rings. The Bertz CT molecular complexity index is 839. The van der Waals surface area contributed by atoms with Crippen LogP contribution in [0.25, 0.3) is 11.0 Å². The summed E-state index contributed by atoms with van der Waals surface area (Å²) in [5.41, 5.74) is 1.08. The van der Waals surface area contributed by atoms with Crippen molar-refractivity contribution < 1.29 is 18.6 Å². The summed E-state index contributed by atoms with van der Waals surface area (Å²) in [4.78, 5) is 11.3. The third-order valence-electron chi connectivity index (χ3n) is 3.26. The van der Waals surface area contributed by atoms with Crippen LogP contribution in [-0.2, 0) is 11.3 Å². The number of rotatable bonds is 6. The Labute approximate surface area is 133 Å². The first-order valence-corrected chi connectivity index (χ1v) is 7.12. The minimum Gasteiger partial charge on any atom is -0.485 e. The quantitative estimate of drug-likeness (QED) is 0.516. The molecule has 2 aromatic carbocycles. The second kappa shape index (κ2) is 6.98. The molecule has 0 bridgehead atoms. The highest BCUT2D eigenvalue weighted by molar-refractivity contribution is 5.80. The number of hydrogen-bond acceptors (Lipinski definition) is 5. The van der Waals surface area contributed by atoms with Gasteiger partial charge in [-0.05, 0) is 17.7 Å². The molecule has 118 valence electrons. The van der Waals surface area contributed by atoms with E-state index in [-0.39, 0.29) is 6.79 Å². The minimum absolute atomic E-state index is 0.0737. The summed E-state index contributed by atoms with van der Waals surface area (Å²) in [5, 5.41) is 0.762. The van der Waals surface area contributed by atoms with Gasteiger partial charge in [-0.25, -0.2) is 4.79 Å². The van der Waals surface area contributed by atoms with Crippen LogP contribution in [0.15, 0.2) is 63.8 Å². The van der Waals surface area contributed by atoms with Crippen molar-refractivity contribution in [1.82, 2.24) is 0 Å². The number of benzene rings is 2. The van der Waals surface area contributed by atoms with Gasteiger partial charge >= 0.3 is 5.63 Å². The first-order chi connectivity index (χ1) is 11.3. The van der Waals surface area contributed by atoms with E-state index in [1.165, 1.54) is 13.2 Å². The van der Waals surface area contributed by atoms with E-state index < -0.39 is 5.63 Å². The van der Waals surface area contributed by atoms with E-state index in [0.29, 0.717) is 23.7 Å². The molecule has 0 aliphatic heterocycles. The third-order valence-corrected chi connectivity index (χ3v) is 3.26. The molecule has 0 fully saturated rings. The molecule has 0 aliphatic rings. The Balaban J connectivity index is 1.92. The fourth-order valence-corrected chi connectivity index (χ4v) is 2.16. The van der Waals surface area contributed by atoms with E-state index in [0.717, 1.165) is 10.9 Å². The maximum Gasteiger partial charge on any atom is 0.336 e. The van der Waals surface area contributed by atoms with E-state index in [2.05, 4.69) is 0 Å². The smallest absolute Gasteiger partial charge is 0.336 e. The van der Waals surface area contributed by atoms with Crippen molar-refractivity contribution in [3.8, 4) is 11.5 Å². The molecule has 0 saturated heterocycles. The molecule has 0 amide bonds. The largest absolute Gasteiger partial charge is 0.485 e. The topological polar surface area (TPSA) is 57.9 Å². The van der Waals surface area contributed by atoms with Gasteiger partial charge in [-0.2, -0.15) is 0 Å². The van der Waals surface area contributed by atoms with Gasteiger partial charge < -0.3 is 18.6 Å². The molecular weight excluding hydrogens is 296 g/mol. The lowest BCUT2D eigenvalue weighted by Crippen LogP contribution is -2.03. The van der Waals surface area contributed by atoms with Crippen LogP contribution in [0, 0.1) is 0 Å². The normalized spacial score (nSPS) is 10.7. The second-order valence-electron chi connectivity index (χ2n) is 4.92. The molecule has 5 nitrogen and oxygen atoms in total. The van der Waals surface area contributed by atoms with Crippen molar-refractivity contribution >= 4 is 11.0 Å². The van der Waals surface area contributed by atoms with Crippen LogP contribution >= 0.6 is 0 Å². The van der Waals surface area contributed by atoms with Crippen molar-refractivity contribution in [1.29, 1.82) is 0 Å². The summed E-state index contributed by atoms with van der Waals surface area (Å²) in [5.74, 6) is 1.02. The van der Waals surface area contributed by atoms with Gasteiger partial charge in [-0.3, -0.25) is 0 Å². The maximum absolute atomic E-state index is 11.3. The van der Waals surface area contributed by atoms with Crippen molar-refractivity contribution in [3.05, 3.63) is 70.6 Å². The SMILES string of the molecule is COCOc1cc2oc(=O)ccc2cc1OCc1ccccc1. The van der Waals surface area contributed by atoms with Crippen molar-refractivity contribution in [3.63, 3.8) is 0 Å². The van der Waals surface area contributed by atoms with Crippen molar-refractivity contribution in [2.24, 2.45) is 0 Å². The summed E-state index contributed by atoms with van der Waals surface area (Å²) in [6.45, 7) is 0.483. The van der Waals surface area contributed by atoms with Crippen LogP contribution in [0.2, 0.25) is 0 Å². The fraction of sp³-hybridized carbons (Fsp3) is 0.167. The summed E-state index contributed by atoms with van der Waals surface area (Å²) >= 11 is 0. The molecule has 1 aromatic heterocycles. The van der Waals surface area contributed by atoms with Gasteiger partial charge in [0.2, 0.25) is 0 Å². The van der Waals surface area contributed by atoms with Gasteiger partial charge in [0, 0.05) is 24.6 Å². The molecule has 0 aliphatic carbocycles. The molecule has 0 saturated carbocycles. The Hall–Kier alpha value is -2.79. The number of hydrogen-bond donors (Lipinski definition) is 0. The van der Waals surface area contributed by atoms with Crippen LogP contribution in [0.4, 0.5) is 0 Å². The molecule has 0 radical (unpaired) electrons. The monoisotopic (exact) mass is 312 g/mol. The summed E-state index contributed by atoms with van der Waals surface area (Å²) < 4.78 is 21.5. The Morgan fingerprint density at radius 2 is 1.74 bits per heavy atom. The average molecular weight is 312 g/mol. The van der Waals surface area contributed by atoms with Crippen molar-refractivity contribution in [2.45, 2.75) is 6.61 Å². The number of methoxy groups -OCH3 is 1. The third kappa shape index (κ3) is 3.70. The zero-order valence-corrected chi connectivity index (χ0v) is 12.7. The van der Waals surface area contributed by atoms with Gasteiger partial charge in [-0.15, -0.1) is 0 Å². The Morgan fingerprint density at radius 1 is 0.957 bits per heavy atom. The fourth-order valence-electron chi connectivity index (χ4n) is 2.16. The maximum atomic E-state index is 11.3. The molecule has 5 heteroatoms. The number of fused-ring (bicyclic) bond motifs is 1. The standard InChI is InChI=1S/C18H16O5/c1-20-12-22-17-10-15-14(7-8-18(19)23-15)9-16(17)21-11-13-5-3-2-4-6-13/h2-10H,11-12H2,1H3. The van der Waals surface area contributed by atoms with Crippen LogP contribution in [0.3, 0.4) is 0 Å². The van der Waals surface area contributed by atoms with E-state index in [4.69, 9.17) is 18.6 Å². The molecule has 1 heterocycles. The molecular formula is C18H16O5. The van der Waals surface area contributed by atoms with Gasteiger partial charge in [-0.1, -0.05) is 30.3 Å². The molecule has 0 unspecified atom stereocenters. The lowest BCUT2D eigenvalue weighted by atomic mass is 10.2. The zero-order valence-electron chi connectivity index (χ0n) is 12.7. The van der Waals surface area contributed by atoms with Crippen LogP contribution in [0.1, 0.15) is 5.56 Å². The van der Waals surface area contributed by atoms with Crippen molar-refractivity contribution in [2.75, 3.05) is 13.9 Å². The molecule has 0 N–H and O–H groups in total. The number of ether oxygens (including phenoxy) is 3. The summed E-state index contributed by atoms with van der Waals surface area (Å²) in [6.07, 6.45) is 0.